The maximum atomic E-state index is 13.2. The molecule has 8 heteroatoms. The molecule has 0 aliphatic heterocycles. The third kappa shape index (κ3) is 5.57. The van der Waals surface area contributed by atoms with Gasteiger partial charge in [-0.3, -0.25) is 4.79 Å². The third-order valence-electron chi connectivity index (χ3n) is 5.46. The number of carbonyl (C=O) groups is 2. The summed E-state index contributed by atoms with van der Waals surface area (Å²) in [6.07, 6.45) is -1.11. The zero-order valence-electron chi connectivity index (χ0n) is 17.3. The highest BCUT2D eigenvalue weighted by molar-refractivity contribution is 6.02. The number of anilines is 1. The van der Waals surface area contributed by atoms with E-state index in [0.29, 0.717) is 5.92 Å². The van der Waals surface area contributed by atoms with E-state index in [4.69, 9.17) is 9.47 Å². The predicted octanol–water partition coefficient (Wildman–Crippen LogP) is 6.05. The quantitative estimate of drug-likeness (QED) is 0.581. The van der Waals surface area contributed by atoms with E-state index >= 15 is 0 Å². The van der Waals surface area contributed by atoms with Gasteiger partial charge in [0.05, 0.1) is 23.9 Å². The number of esters is 1. The molecular formula is C23H24F3NO4. The number of rotatable bonds is 5. The number of hydrogen-bond donors (Lipinski definition) is 1. The summed E-state index contributed by atoms with van der Waals surface area (Å²) >= 11 is 0. The highest BCUT2D eigenvalue weighted by atomic mass is 19.4. The number of carbonyl (C=O) groups excluding carboxylic acids is 2. The molecule has 31 heavy (non-hydrogen) atoms. The van der Waals surface area contributed by atoms with Gasteiger partial charge in [0.1, 0.15) is 11.5 Å². The van der Waals surface area contributed by atoms with Crippen LogP contribution in [0.4, 0.5) is 18.9 Å². The number of nitrogens with one attached hydrogen (secondary N) is 1. The first kappa shape index (κ1) is 22.7. The second-order valence-electron chi connectivity index (χ2n) is 7.74. The van der Waals surface area contributed by atoms with Gasteiger partial charge in [-0.2, -0.15) is 13.2 Å². The fourth-order valence-corrected chi connectivity index (χ4v) is 3.65. The Balaban J connectivity index is 1.84. The van der Waals surface area contributed by atoms with Crippen molar-refractivity contribution in [2.24, 2.45) is 11.8 Å². The molecule has 1 aliphatic carbocycles. The Hall–Kier alpha value is -3.03. The third-order valence-corrected chi connectivity index (χ3v) is 5.46. The van der Waals surface area contributed by atoms with E-state index in [2.05, 4.69) is 12.2 Å². The van der Waals surface area contributed by atoms with Crippen LogP contribution in [0.15, 0.2) is 42.5 Å². The van der Waals surface area contributed by atoms with Crippen LogP contribution in [0.25, 0.3) is 0 Å². The SMILES string of the molecule is COC(=O)c1cc(Oc2ccccc2C(F)(F)F)ccc1NC(=O)[C@H]1CC[C@H](C)CC1. The van der Waals surface area contributed by atoms with Gasteiger partial charge in [-0.15, -0.1) is 0 Å². The Labute approximate surface area is 178 Å². The van der Waals surface area contributed by atoms with Crippen LogP contribution in [0.2, 0.25) is 0 Å². The molecule has 0 unspecified atom stereocenters. The fraction of sp³-hybridized carbons (Fsp3) is 0.391. The number of benzene rings is 2. The fourth-order valence-electron chi connectivity index (χ4n) is 3.65. The van der Waals surface area contributed by atoms with E-state index in [-0.39, 0.29) is 34.6 Å². The first-order chi connectivity index (χ1) is 14.7. The Morgan fingerprint density at radius 1 is 1.03 bits per heavy atom. The minimum atomic E-state index is -4.59. The lowest BCUT2D eigenvalue weighted by Crippen LogP contribution is -2.27. The lowest BCUT2D eigenvalue weighted by molar-refractivity contribution is -0.138. The first-order valence-electron chi connectivity index (χ1n) is 10.1. The Bertz CT molecular complexity index is 950. The van der Waals surface area contributed by atoms with Crippen molar-refractivity contribution in [3.05, 3.63) is 53.6 Å². The second-order valence-corrected chi connectivity index (χ2v) is 7.74. The number of alkyl halides is 3. The van der Waals surface area contributed by atoms with Crippen molar-refractivity contribution >= 4 is 17.6 Å². The Morgan fingerprint density at radius 2 is 1.71 bits per heavy atom. The molecule has 1 amide bonds. The number of ether oxygens (including phenoxy) is 2. The summed E-state index contributed by atoms with van der Waals surface area (Å²) in [5.74, 6) is -0.849. The maximum Gasteiger partial charge on any atom is 0.419 e. The van der Waals surface area contributed by atoms with E-state index in [1.807, 2.05) is 0 Å². The van der Waals surface area contributed by atoms with Crippen LogP contribution < -0.4 is 10.1 Å². The molecule has 0 atom stereocenters. The molecule has 0 bridgehead atoms. The molecule has 0 heterocycles. The van der Waals surface area contributed by atoms with Crippen molar-refractivity contribution in [3.8, 4) is 11.5 Å². The van der Waals surface area contributed by atoms with Gasteiger partial charge < -0.3 is 14.8 Å². The summed E-state index contributed by atoms with van der Waals surface area (Å²) in [5, 5.41) is 2.76. The molecule has 5 nitrogen and oxygen atoms in total. The molecule has 166 valence electrons. The second kappa shape index (κ2) is 9.41. The standard InChI is InChI=1S/C23H24F3NO4/c1-14-7-9-15(10-8-14)21(28)27-19-12-11-16(13-17(19)22(29)30-2)31-20-6-4-3-5-18(20)23(24,25)26/h3-6,11-15H,7-10H2,1-2H3,(H,27,28)/t14-,15-. The predicted molar refractivity (Wildman–Crippen MR) is 109 cm³/mol. The van der Waals surface area contributed by atoms with Crippen LogP contribution in [-0.4, -0.2) is 19.0 Å². The Kier molecular flexibility index (Phi) is 6.87. The molecule has 0 aromatic heterocycles. The van der Waals surface area contributed by atoms with Crippen LogP contribution in [-0.2, 0) is 15.7 Å². The highest BCUT2D eigenvalue weighted by Gasteiger charge is 2.34. The average molecular weight is 435 g/mol. The number of para-hydroxylation sites is 1. The molecular weight excluding hydrogens is 411 g/mol. The van der Waals surface area contributed by atoms with Crippen LogP contribution >= 0.6 is 0 Å². The monoisotopic (exact) mass is 435 g/mol. The van der Waals surface area contributed by atoms with E-state index in [1.165, 1.54) is 43.5 Å². The van der Waals surface area contributed by atoms with Crippen molar-refractivity contribution in [1.29, 1.82) is 0 Å². The number of hydrogen-bond acceptors (Lipinski definition) is 4. The van der Waals surface area contributed by atoms with Crippen molar-refractivity contribution in [2.75, 3.05) is 12.4 Å². The maximum absolute atomic E-state index is 13.2. The minimum Gasteiger partial charge on any atom is -0.465 e. The summed E-state index contributed by atoms with van der Waals surface area (Å²) in [7, 11) is 1.18. The molecule has 0 radical (unpaired) electrons. The summed E-state index contributed by atoms with van der Waals surface area (Å²) in [6, 6.07) is 8.89. The van der Waals surface area contributed by atoms with Gasteiger partial charge in [0, 0.05) is 5.92 Å². The van der Waals surface area contributed by atoms with Crippen LogP contribution in [0, 0.1) is 11.8 Å². The van der Waals surface area contributed by atoms with Crippen LogP contribution in [0.1, 0.15) is 48.5 Å². The van der Waals surface area contributed by atoms with Gasteiger partial charge in [-0.05, 0) is 61.9 Å². The molecule has 2 aromatic carbocycles. The molecule has 1 aliphatic rings. The number of methoxy groups -OCH3 is 1. The number of amides is 1. The van der Waals surface area contributed by atoms with Gasteiger partial charge >= 0.3 is 12.1 Å². The van der Waals surface area contributed by atoms with Gasteiger partial charge in [0.2, 0.25) is 5.91 Å². The normalized spacial score (nSPS) is 18.9. The van der Waals surface area contributed by atoms with E-state index in [0.717, 1.165) is 31.7 Å². The minimum absolute atomic E-state index is 0.00187. The largest absolute Gasteiger partial charge is 0.465 e. The lowest BCUT2D eigenvalue weighted by Gasteiger charge is -2.25. The summed E-state index contributed by atoms with van der Waals surface area (Å²) in [4.78, 5) is 24.9. The zero-order valence-corrected chi connectivity index (χ0v) is 17.3. The summed E-state index contributed by atoms with van der Waals surface area (Å²) < 4.78 is 49.9. The number of halogens is 3. The van der Waals surface area contributed by atoms with Crippen LogP contribution in [0.5, 0.6) is 11.5 Å². The molecule has 2 aromatic rings. The van der Waals surface area contributed by atoms with Gasteiger partial charge in [-0.25, -0.2) is 4.79 Å². The van der Waals surface area contributed by atoms with Crippen molar-refractivity contribution in [3.63, 3.8) is 0 Å². The van der Waals surface area contributed by atoms with Crippen molar-refractivity contribution < 1.29 is 32.2 Å². The smallest absolute Gasteiger partial charge is 0.419 e. The molecule has 1 fully saturated rings. The summed E-state index contributed by atoms with van der Waals surface area (Å²) in [5.41, 5.74) is -0.701. The molecule has 0 spiro atoms. The van der Waals surface area contributed by atoms with E-state index in [9.17, 15) is 22.8 Å². The molecule has 1 N–H and O–H groups in total. The first-order valence-corrected chi connectivity index (χ1v) is 10.1. The molecule has 3 rings (SSSR count). The zero-order chi connectivity index (χ0) is 22.6. The Morgan fingerprint density at radius 3 is 2.35 bits per heavy atom. The van der Waals surface area contributed by atoms with Crippen molar-refractivity contribution in [2.45, 2.75) is 38.8 Å². The molecule has 0 saturated heterocycles. The molecule has 1 saturated carbocycles. The average Bonchev–Trinajstić information content (AvgIpc) is 2.74. The van der Waals surface area contributed by atoms with Crippen molar-refractivity contribution in [1.82, 2.24) is 0 Å². The van der Waals surface area contributed by atoms with E-state index < -0.39 is 17.7 Å². The van der Waals surface area contributed by atoms with Gasteiger partial charge in [-0.1, -0.05) is 19.1 Å². The summed E-state index contributed by atoms with van der Waals surface area (Å²) in [6.45, 7) is 2.15. The highest BCUT2D eigenvalue weighted by Crippen LogP contribution is 2.38. The van der Waals surface area contributed by atoms with Crippen LogP contribution in [0.3, 0.4) is 0 Å². The van der Waals surface area contributed by atoms with Gasteiger partial charge in [0.15, 0.2) is 0 Å². The lowest BCUT2D eigenvalue weighted by atomic mass is 9.82. The van der Waals surface area contributed by atoms with Gasteiger partial charge in [0.25, 0.3) is 0 Å². The van der Waals surface area contributed by atoms with E-state index in [1.54, 1.807) is 0 Å². The topological polar surface area (TPSA) is 64.6 Å².